The van der Waals surface area contributed by atoms with Crippen LogP contribution in [0.25, 0.3) is 0 Å². The second kappa shape index (κ2) is 5.22. The molecule has 1 aliphatic rings. The number of morpholine rings is 1. The summed E-state index contributed by atoms with van der Waals surface area (Å²) in [4.78, 5) is 17.4. The number of halogens is 1. The van der Waals surface area contributed by atoms with Crippen molar-refractivity contribution in [3.8, 4) is 0 Å². The Morgan fingerprint density at radius 2 is 2.33 bits per heavy atom. The molecule has 0 bridgehead atoms. The summed E-state index contributed by atoms with van der Waals surface area (Å²) in [5.74, 6) is -0.421. The normalized spacial score (nSPS) is 26.2. The van der Waals surface area contributed by atoms with Crippen molar-refractivity contribution in [2.45, 2.75) is 32.3 Å². The zero-order valence-electron chi connectivity index (χ0n) is 10.2. The Morgan fingerprint density at radius 1 is 1.61 bits per heavy atom. The second-order valence-corrected chi connectivity index (χ2v) is 4.77. The summed E-state index contributed by atoms with van der Waals surface area (Å²) >= 11 is 5.73. The van der Waals surface area contributed by atoms with Crippen molar-refractivity contribution >= 4 is 17.5 Å². The molecule has 1 saturated heterocycles. The van der Waals surface area contributed by atoms with E-state index in [-0.39, 0.29) is 12.1 Å². The Hall–Kier alpha value is -1.17. The van der Waals surface area contributed by atoms with Crippen molar-refractivity contribution in [2.75, 3.05) is 6.54 Å². The third kappa shape index (κ3) is 2.63. The van der Waals surface area contributed by atoms with E-state index in [1.807, 2.05) is 19.9 Å². The SMILES string of the molecule is CC1CN(C(C)c2ccc(Cl)nc2)C(=O)[C@@H](O)O1. The molecule has 2 heterocycles. The monoisotopic (exact) mass is 270 g/mol. The molecular weight excluding hydrogens is 256 g/mol. The van der Waals surface area contributed by atoms with Gasteiger partial charge < -0.3 is 14.7 Å². The van der Waals surface area contributed by atoms with Crippen molar-refractivity contribution < 1.29 is 14.6 Å². The van der Waals surface area contributed by atoms with Gasteiger partial charge in [-0.3, -0.25) is 4.79 Å². The Labute approximate surface area is 110 Å². The van der Waals surface area contributed by atoms with E-state index < -0.39 is 12.2 Å². The summed E-state index contributed by atoms with van der Waals surface area (Å²) in [6.07, 6.45) is 0.0594. The number of carbonyl (C=O) groups is 1. The van der Waals surface area contributed by atoms with E-state index in [4.69, 9.17) is 16.3 Å². The van der Waals surface area contributed by atoms with Crippen LogP contribution in [0.15, 0.2) is 18.3 Å². The molecule has 98 valence electrons. The third-order valence-corrected chi connectivity index (χ3v) is 3.23. The standard InChI is InChI=1S/C12H15ClN2O3/c1-7-6-15(11(16)12(17)18-7)8(2)9-3-4-10(13)14-5-9/h3-5,7-8,12,17H,6H2,1-2H3/t7?,8?,12-/m0/s1. The molecule has 1 aliphatic heterocycles. The minimum absolute atomic E-state index is 0.178. The number of carbonyl (C=O) groups excluding carboxylic acids is 1. The van der Waals surface area contributed by atoms with E-state index >= 15 is 0 Å². The van der Waals surface area contributed by atoms with Gasteiger partial charge in [0, 0.05) is 12.7 Å². The van der Waals surface area contributed by atoms with Crippen LogP contribution in [0.3, 0.4) is 0 Å². The number of hydrogen-bond donors (Lipinski definition) is 1. The molecule has 3 atom stereocenters. The number of amides is 1. The Bertz CT molecular complexity index is 437. The van der Waals surface area contributed by atoms with Gasteiger partial charge in [0.1, 0.15) is 5.15 Å². The highest BCUT2D eigenvalue weighted by Crippen LogP contribution is 2.24. The Morgan fingerprint density at radius 3 is 2.94 bits per heavy atom. The first kappa shape index (κ1) is 13.3. The molecule has 1 fully saturated rings. The highest BCUT2D eigenvalue weighted by Gasteiger charge is 2.34. The lowest BCUT2D eigenvalue weighted by molar-refractivity contribution is -0.200. The summed E-state index contributed by atoms with van der Waals surface area (Å²) in [7, 11) is 0. The van der Waals surface area contributed by atoms with E-state index in [1.54, 1.807) is 17.2 Å². The van der Waals surface area contributed by atoms with Gasteiger partial charge in [0.2, 0.25) is 6.29 Å². The molecule has 0 spiro atoms. The molecule has 1 aromatic heterocycles. The summed E-state index contributed by atoms with van der Waals surface area (Å²) in [6.45, 7) is 4.14. The van der Waals surface area contributed by atoms with Gasteiger partial charge in [-0.05, 0) is 25.5 Å². The summed E-state index contributed by atoms with van der Waals surface area (Å²) in [5.41, 5.74) is 0.869. The molecular formula is C12H15ClN2O3. The van der Waals surface area contributed by atoms with Crippen LogP contribution in [0, 0.1) is 0 Å². The first-order chi connectivity index (χ1) is 8.49. The molecule has 18 heavy (non-hydrogen) atoms. The summed E-state index contributed by atoms with van der Waals surface area (Å²) in [6, 6.07) is 3.32. The smallest absolute Gasteiger partial charge is 0.279 e. The fourth-order valence-corrected chi connectivity index (χ4v) is 2.11. The maximum absolute atomic E-state index is 11.9. The summed E-state index contributed by atoms with van der Waals surface area (Å²) < 4.78 is 5.06. The van der Waals surface area contributed by atoms with E-state index in [1.165, 1.54) is 0 Å². The van der Waals surface area contributed by atoms with Crippen LogP contribution < -0.4 is 0 Å². The number of hydrogen-bond acceptors (Lipinski definition) is 4. The lowest BCUT2D eigenvalue weighted by Crippen LogP contribution is -2.51. The maximum atomic E-state index is 11.9. The number of pyridine rings is 1. The number of ether oxygens (including phenoxy) is 1. The number of aliphatic hydroxyl groups is 1. The number of aromatic nitrogens is 1. The lowest BCUT2D eigenvalue weighted by atomic mass is 10.1. The van der Waals surface area contributed by atoms with Gasteiger partial charge in [0.25, 0.3) is 5.91 Å². The molecule has 0 saturated carbocycles. The van der Waals surface area contributed by atoms with E-state index in [0.29, 0.717) is 11.7 Å². The van der Waals surface area contributed by atoms with Crippen molar-refractivity contribution in [2.24, 2.45) is 0 Å². The first-order valence-electron chi connectivity index (χ1n) is 5.74. The van der Waals surface area contributed by atoms with Gasteiger partial charge in [0.05, 0.1) is 12.1 Å². The largest absolute Gasteiger partial charge is 0.360 e. The molecule has 0 aliphatic carbocycles. The van der Waals surface area contributed by atoms with Gasteiger partial charge in [-0.25, -0.2) is 4.98 Å². The van der Waals surface area contributed by atoms with Crippen LogP contribution in [0.4, 0.5) is 0 Å². The van der Waals surface area contributed by atoms with Crippen molar-refractivity contribution in [1.82, 2.24) is 9.88 Å². The van der Waals surface area contributed by atoms with E-state index in [2.05, 4.69) is 4.98 Å². The van der Waals surface area contributed by atoms with Gasteiger partial charge in [-0.1, -0.05) is 17.7 Å². The van der Waals surface area contributed by atoms with Gasteiger partial charge in [0.15, 0.2) is 0 Å². The zero-order chi connectivity index (χ0) is 13.3. The quantitative estimate of drug-likeness (QED) is 0.825. The minimum atomic E-state index is -1.38. The second-order valence-electron chi connectivity index (χ2n) is 4.38. The van der Waals surface area contributed by atoms with Crippen LogP contribution in [0.1, 0.15) is 25.5 Å². The van der Waals surface area contributed by atoms with Crippen LogP contribution in [-0.2, 0) is 9.53 Å². The van der Waals surface area contributed by atoms with Crippen LogP contribution >= 0.6 is 11.6 Å². The Kier molecular flexibility index (Phi) is 3.85. The first-order valence-corrected chi connectivity index (χ1v) is 6.12. The fraction of sp³-hybridized carbons (Fsp3) is 0.500. The van der Waals surface area contributed by atoms with E-state index in [0.717, 1.165) is 5.56 Å². The van der Waals surface area contributed by atoms with Crippen LogP contribution in [-0.4, -0.2) is 39.8 Å². The predicted molar refractivity (Wildman–Crippen MR) is 65.9 cm³/mol. The molecule has 0 radical (unpaired) electrons. The zero-order valence-corrected chi connectivity index (χ0v) is 11.0. The van der Waals surface area contributed by atoms with Crippen LogP contribution in [0.5, 0.6) is 0 Å². The number of rotatable bonds is 2. The highest BCUT2D eigenvalue weighted by atomic mass is 35.5. The predicted octanol–water partition coefficient (Wildman–Crippen LogP) is 1.36. The fourth-order valence-electron chi connectivity index (χ4n) is 1.99. The summed E-state index contributed by atoms with van der Waals surface area (Å²) in [5, 5.41) is 9.92. The molecule has 1 aromatic rings. The highest BCUT2D eigenvalue weighted by molar-refractivity contribution is 6.29. The third-order valence-electron chi connectivity index (χ3n) is 3.01. The van der Waals surface area contributed by atoms with Crippen molar-refractivity contribution in [3.63, 3.8) is 0 Å². The molecule has 6 heteroatoms. The van der Waals surface area contributed by atoms with Crippen molar-refractivity contribution in [3.05, 3.63) is 29.0 Å². The average Bonchev–Trinajstić information content (AvgIpc) is 2.34. The molecule has 1 N–H and O–H groups in total. The minimum Gasteiger partial charge on any atom is -0.360 e. The van der Waals surface area contributed by atoms with E-state index in [9.17, 15) is 9.90 Å². The number of aliphatic hydroxyl groups excluding tert-OH is 1. The lowest BCUT2D eigenvalue weighted by Gasteiger charge is -2.37. The molecule has 1 amide bonds. The van der Waals surface area contributed by atoms with Gasteiger partial charge >= 0.3 is 0 Å². The average molecular weight is 271 g/mol. The Balaban J connectivity index is 2.19. The molecule has 5 nitrogen and oxygen atoms in total. The topological polar surface area (TPSA) is 62.7 Å². The van der Waals surface area contributed by atoms with Gasteiger partial charge in [-0.2, -0.15) is 0 Å². The molecule has 2 rings (SSSR count). The molecule has 0 aromatic carbocycles. The molecule has 2 unspecified atom stereocenters. The van der Waals surface area contributed by atoms with Gasteiger partial charge in [-0.15, -0.1) is 0 Å². The number of nitrogens with zero attached hydrogens (tertiary/aromatic N) is 2. The van der Waals surface area contributed by atoms with Crippen molar-refractivity contribution in [1.29, 1.82) is 0 Å². The maximum Gasteiger partial charge on any atom is 0.279 e. The van der Waals surface area contributed by atoms with Crippen LogP contribution in [0.2, 0.25) is 5.15 Å².